The summed E-state index contributed by atoms with van der Waals surface area (Å²) in [5, 5.41) is 2.83. The number of anilines is 1. The zero-order valence-corrected chi connectivity index (χ0v) is 13.2. The molecule has 5 nitrogen and oxygen atoms in total. The van der Waals surface area contributed by atoms with Gasteiger partial charge in [0.2, 0.25) is 10.0 Å². The smallest absolute Gasteiger partial charge is 0.240 e. The van der Waals surface area contributed by atoms with Crippen molar-refractivity contribution in [1.29, 1.82) is 0 Å². The molecule has 0 aromatic carbocycles. The summed E-state index contributed by atoms with van der Waals surface area (Å²) in [5.74, 6) is 0.549. The third-order valence-electron chi connectivity index (χ3n) is 3.12. The van der Waals surface area contributed by atoms with E-state index in [1.807, 2.05) is 0 Å². The lowest BCUT2D eigenvalue weighted by molar-refractivity contribution is 0.567. The molecule has 1 aromatic heterocycles. The van der Waals surface area contributed by atoms with Crippen LogP contribution in [0.5, 0.6) is 0 Å². The lowest BCUT2D eigenvalue weighted by Gasteiger charge is -2.07. The lowest BCUT2D eigenvalue weighted by atomic mass is 10.1. The van der Waals surface area contributed by atoms with E-state index in [9.17, 15) is 8.42 Å². The van der Waals surface area contributed by atoms with E-state index < -0.39 is 10.0 Å². The minimum Gasteiger partial charge on any atom is -0.373 e. The van der Waals surface area contributed by atoms with Gasteiger partial charge in [0.1, 0.15) is 5.82 Å². The molecule has 0 atom stereocenters. The molecule has 2 N–H and O–H groups in total. The molecule has 0 spiro atoms. The number of nitrogens with zero attached hydrogens (tertiary/aromatic N) is 1. The van der Waals surface area contributed by atoms with Crippen LogP contribution in [0, 0.1) is 0 Å². The Morgan fingerprint density at radius 3 is 2.55 bits per heavy atom. The van der Waals surface area contributed by atoms with Crippen LogP contribution in [0.2, 0.25) is 0 Å². The summed E-state index contributed by atoms with van der Waals surface area (Å²) in [5.41, 5.74) is 0. The van der Waals surface area contributed by atoms with Crippen molar-refractivity contribution in [1.82, 2.24) is 9.71 Å². The molecule has 20 heavy (non-hydrogen) atoms. The molecule has 0 aliphatic rings. The second-order valence-electron chi connectivity index (χ2n) is 4.79. The van der Waals surface area contributed by atoms with Gasteiger partial charge in [-0.05, 0) is 12.5 Å². The van der Waals surface area contributed by atoms with Crippen molar-refractivity contribution in [2.45, 2.75) is 50.3 Å². The maximum atomic E-state index is 12.1. The van der Waals surface area contributed by atoms with Gasteiger partial charge in [0.15, 0.2) is 0 Å². The van der Waals surface area contributed by atoms with Crippen LogP contribution >= 0.6 is 0 Å². The molecular weight excluding hydrogens is 274 g/mol. The Morgan fingerprint density at radius 1 is 1.15 bits per heavy atom. The second-order valence-corrected chi connectivity index (χ2v) is 6.56. The molecule has 0 radical (unpaired) electrons. The first-order valence-electron chi connectivity index (χ1n) is 7.23. The van der Waals surface area contributed by atoms with E-state index in [2.05, 4.69) is 21.9 Å². The number of pyridine rings is 1. The maximum Gasteiger partial charge on any atom is 0.240 e. The number of hydrogen-bond donors (Lipinski definition) is 2. The molecule has 0 bridgehead atoms. The van der Waals surface area contributed by atoms with Crippen molar-refractivity contribution in [3.05, 3.63) is 18.3 Å². The highest BCUT2D eigenvalue weighted by atomic mass is 32.2. The van der Waals surface area contributed by atoms with Crippen molar-refractivity contribution in [3.8, 4) is 0 Å². The quantitative estimate of drug-likeness (QED) is 0.652. The molecule has 0 aliphatic heterocycles. The molecule has 0 saturated carbocycles. The summed E-state index contributed by atoms with van der Waals surface area (Å²) in [6, 6.07) is 3.04. The Kier molecular flexibility index (Phi) is 7.54. The SMILES string of the molecule is CCCCCCCCNS(=O)(=O)c1ccnc(NC)c1. The van der Waals surface area contributed by atoms with Crippen molar-refractivity contribution in [2.75, 3.05) is 18.9 Å². The van der Waals surface area contributed by atoms with Gasteiger partial charge in [0, 0.05) is 25.9 Å². The van der Waals surface area contributed by atoms with Gasteiger partial charge < -0.3 is 5.32 Å². The van der Waals surface area contributed by atoms with Gasteiger partial charge in [-0.3, -0.25) is 0 Å². The molecule has 0 aliphatic carbocycles. The van der Waals surface area contributed by atoms with Crippen molar-refractivity contribution in [2.24, 2.45) is 0 Å². The van der Waals surface area contributed by atoms with E-state index in [-0.39, 0.29) is 4.90 Å². The first-order chi connectivity index (χ1) is 9.60. The van der Waals surface area contributed by atoms with Crippen LogP contribution in [-0.2, 0) is 10.0 Å². The number of unbranched alkanes of at least 4 members (excludes halogenated alkanes) is 5. The van der Waals surface area contributed by atoms with Gasteiger partial charge in [0.05, 0.1) is 4.90 Å². The largest absolute Gasteiger partial charge is 0.373 e. The van der Waals surface area contributed by atoms with Gasteiger partial charge in [0.25, 0.3) is 0 Å². The summed E-state index contributed by atoms with van der Waals surface area (Å²) in [7, 11) is -1.71. The summed E-state index contributed by atoms with van der Waals surface area (Å²) in [6.07, 6.45) is 8.34. The first kappa shape index (κ1) is 16.9. The zero-order valence-electron chi connectivity index (χ0n) is 12.4. The van der Waals surface area contributed by atoms with Gasteiger partial charge in [-0.25, -0.2) is 18.1 Å². The molecule has 6 heteroatoms. The number of sulfonamides is 1. The van der Waals surface area contributed by atoms with E-state index in [4.69, 9.17) is 0 Å². The lowest BCUT2D eigenvalue weighted by Crippen LogP contribution is -2.24. The fourth-order valence-corrected chi connectivity index (χ4v) is 3.00. The predicted octanol–water partition coefficient (Wildman–Crippen LogP) is 2.76. The molecule has 1 aromatic rings. The van der Waals surface area contributed by atoms with Crippen LogP contribution < -0.4 is 10.0 Å². The highest BCUT2D eigenvalue weighted by molar-refractivity contribution is 7.89. The molecular formula is C14H25N3O2S. The van der Waals surface area contributed by atoms with Crippen molar-refractivity contribution < 1.29 is 8.42 Å². The maximum absolute atomic E-state index is 12.1. The number of rotatable bonds is 10. The van der Waals surface area contributed by atoms with Crippen LogP contribution in [-0.4, -0.2) is 27.0 Å². The van der Waals surface area contributed by atoms with E-state index in [0.29, 0.717) is 12.4 Å². The standard InChI is InChI=1S/C14H25N3O2S/c1-3-4-5-6-7-8-10-17-20(18,19)13-9-11-16-14(12-13)15-2/h9,11-12,17H,3-8,10H2,1-2H3,(H,15,16). The summed E-state index contributed by atoms with van der Waals surface area (Å²) >= 11 is 0. The summed E-state index contributed by atoms with van der Waals surface area (Å²) in [6.45, 7) is 2.67. The van der Waals surface area contributed by atoms with E-state index >= 15 is 0 Å². The molecule has 0 unspecified atom stereocenters. The average molecular weight is 299 g/mol. The van der Waals surface area contributed by atoms with E-state index in [1.54, 1.807) is 7.05 Å². The number of nitrogens with one attached hydrogen (secondary N) is 2. The zero-order chi connectivity index (χ0) is 14.8. The summed E-state index contributed by atoms with van der Waals surface area (Å²) < 4.78 is 26.8. The van der Waals surface area contributed by atoms with Crippen LogP contribution in [0.4, 0.5) is 5.82 Å². The molecule has 0 fully saturated rings. The Balaban J connectivity index is 2.37. The normalized spacial score (nSPS) is 11.5. The van der Waals surface area contributed by atoms with Gasteiger partial charge >= 0.3 is 0 Å². The topological polar surface area (TPSA) is 71.1 Å². The number of hydrogen-bond acceptors (Lipinski definition) is 4. The summed E-state index contributed by atoms with van der Waals surface area (Å²) in [4.78, 5) is 4.26. The highest BCUT2D eigenvalue weighted by Crippen LogP contribution is 2.12. The minimum absolute atomic E-state index is 0.253. The Morgan fingerprint density at radius 2 is 1.85 bits per heavy atom. The second kappa shape index (κ2) is 8.92. The average Bonchev–Trinajstić information content (AvgIpc) is 2.46. The van der Waals surface area contributed by atoms with Crippen molar-refractivity contribution in [3.63, 3.8) is 0 Å². The van der Waals surface area contributed by atoms with Crippen LogP contribution in [0.1, 0.15) is 45.4 Å². The molecule has 114 valence electrons. The predicted molar refractivity (Wildman–Crippen MR) is 82.3 cm³/mol. The Bertz CT molecular complexity index is 489. The Hall–Kier alpha value is -1.14. The van der Waals surface area contributed by atoms with Gasteiger partial charge in [-0.15, -0.1) is 0 Å². The third-order valence-corrected chi connectivity index (χ3v) is 4.58. The van der Waals surface area contributed by atoms with Crippen LogP contribution in [0.3, 0.4) is 0 Å². The van der Waals surface area contributed by atoms with Gasteiger partial charge in [-0.2, -0.15) is 0 Å². The molecule has 0 saturated heterocycles. The van der Waals surface area contributed by atoms with E-state index in [0.717, 1.165) is 12.8 Å². The van der Waals surface area contributed by atoms with E-state index in [1.165, 1.54) is 44.0 Å². The molecule has 1 rings (SSSR count). The monoisotopic (exact) mass is 299 g/mol. The first-order valence-corrected chi connectivity index (χ1v) is 8.72. The van der Waals surface area contributed by atoms with Crippen LogP contribution in [0.15, 0.2) is 23.2 Å². The minimum atomic E-state index is -3.42. The van der Waals surface area contributed by atoms with Crippen molar-refractivity contribution >= 4 is 15.8 Å². The van der Waals surface area contributed by atoms with Crippen LogP contribution in [0.25, 0.3) is 0 Å². The Labute approximate surface area is 122 Å². The molecule has 0 amide bonds. The highest BCUT2D eigenvalue weighted by Gasteiger charge is 2.13. The number of aromatic nitrogens is 1. The fourth-order valence-electron chi connectivity index (χ4n) is 1.91. The third kappa shape index (κ3) is 5.88. The molecule has 1 heterocycles. The fraction of sp³-hybridized carbons (Fsp3) is 0.643. The van der Waals surface area contributed by atoms with Gasteiger partial charge in [-0.1, -0.05) is 39.0 Å².